The smallest absolute Gasteiger partial charge is 0.318 e. The van der Waals surface area contributed by atoms with E-state index in [1.807, 2.05) is 51.1 Å². The van der Waals surface area contributed by atoms with E-state index in [4.69, 9.17) is 0 Å². The molecule has 1 aromatic heterocycles. The summed E-state index contributed by atoms with van der Waals surface area (Å²) in [7, 11) is -2.32. The van der Waals surface area contributed by atoms with Crippen molar-refractivity contribution in [3.63, 3.8) is 0 Å². The lowest BCUT2D eigenvalue weighted by Crippen LogP contribution is -2.64. The zero-order chi connectivity index (χ0) is 37.6. The zero-order valence-corrected chi connectivity index (χ0v) is 32.1. The first-order valence-corrected chi connectivity index (χ1v) is 19.9. The van der Waals surface area contributed by atoms with Crippen LogP contribution in [0.3, 0.4) is 0 Å². The molecule has 2 unspecified atom stereocenters. The Bertz CT molecular complexity index is 1580. The summed E-state index contributed by atoms with van der Waals surface area (Å²) in [4.78, 5) is 48.8. The summed E-state index contributed by atoms with van der Waals surface area (Å²) in [5.74, 6) is 0.0630. The van der Waals surface area contributed by atoms with Crippen molar-refractivity contribution in [3.8, 4) is 0 Å². The number of pyridine rings is 1. The summed E-state index contributed by atoms with van der Waals surface area (Å²) in [6.45, 7) is 9.67. The fourth-order valence-corrected chi connectivity index (χ4v) is 7.84. The number of hydrogen-bond acceptors (Lipinski definition) is 8. The fourth-order valence-electron chi connectivity index (χ4n) is 7.25. The van der Waals surface area contributed by atoms with Crippen LogP contribution in [0.4, 0.5) is 4.79 Å². The Labute approximate surface area is 304 Å². The standard InChI is InChI=1S/C38H58N6O6S/c1-37(2,3)42-34(46)31-22-28-15-11-12-16-29(28)24-44(31)25-32(45)30(21-26-13-9-8-10-14-26)40-35(47)33(38(4,5)51(7,49)50)41-36(48)43(6)23-27-17-19-39-20-18-27/h8-10,13-14,17-20,28-33,45H,11-12,15-16,21-25H2,1-7H3,(H,40,47)(H,41,48)(H,42,46)/t28?,29?,30-,31-,32+,33+/m0/s1. The van der Waals surface area contributed by atoms with E-state index in [0.717, 1.165) is 43.1 Å². The van der Waals surface area contributed by atoms with Crippen molar-refractivity contribution in [2.75, 3.05) is 26.4 Å². The molecule has 1 aromatic carbocycles. The number of aliphatic hydroxyl groups is 1. The highest BCUT2D eigenvalue weighted by atomic mass is 32.2. The summed E-state index contributed by atoms with van der Waals surface area (Å²) in [6.07, 6.45) is 8.55. The van der Waals surface area contributed by atoms with Crippen LogP contribution in [0.1, 0.15) is 77.8 Å². The number of β-amino-alcohol motifs (C(OH)–C–C–N with tert-alkyl or cyclic N) is 1. The minimum absolute atomic E-state index is 0.0732. The second-order valence-corrected chi connectivity index (χ2v) is 18.7. The fraction of sp³-hybridized carbons (Fsp3) is 0.632. The van der Waals surface area contributed by atoms with Crippen LogP contribution in [0, 0.1) is 11.8 Å². The third kappa shape index (κ3) is 11.0. The van der Waals surface area contributed by atoms with Gasteiger partial charge in [-0.1, -0.05) is 49.6 Å². The Morgan fingerprint density at radius 1 is 0.961 bits per heavy atom. The lowest BCUT2D eigenvalue weighted by molar-refractivity contribution is -0.133. The van der Waals surface area contributed by atoms with E-state index in [1.165, 1.54) is 18.7 Å². The number of fused-ring (bicyclic) bond motifs is 1. The number of sulfone groups is 1. The minimum Gasteiger partial charge on any atom is -0.390 e. The van der Waals surface area contributed by atoms with Crippen LogP contribution in [0.2, 0.25) is 0 Å². The number of rotatable bonds is 13. The first-order valence-electron chi connectivity index (χ1n) is 18.0. The van der Waals surface area contributed by atoms with E-state index in [1.54, 1.807) is 31.6 Å². The van der Waals surface area contributed by atoms with E-state index >= 15 is 0 Å². The van der Waals surface area contributed by atoms with Gasteiger partial charge >= 0.3 is 6.03 Å². The van der Waals surface area contributed by atoms with E-state index in [9.17, 15) is 27.9 Å². The van der Waals surface area contributed by atoms with Crippen LogP contribution in [-0.4, -0.2) is 107 Å². The lowest BCUT2D eigenvalue weighted by Gasteiger charge is -2.47. The average Bonchev–Trinajstić information content (AvgIpc) is 3.05. The molecule has 282 valence electrons. The molecule has 2 aromatic rings. The van der Waals surface area contributed by atoms with Gasteiger partial charge < -0.3 is 26.0 Å². The van der Waals surface area contributed by atoms with Crippen molar-refractivity contribution in [1.29, 1.82) is 0 Å². The highest BCUT2D eigenvalue weighted by molar-refractivity contribution is 7.92. The van der Waals surface area contributed by atoms with Gasteiger partial charge in [0.15, 0.2) is 9.84 Å². The molecule has 12 nitrogen and oxygen atoms in total. The molecule has 4 N–H and O–H groups in total. The maximum atomic E-state index is 14.3. The van der Waals surface area contributed by atoms with Gasteiger partial charge in [-0.3, -0.25) is 19.5 Å². The number of aliphatic hydroxyl groups excluding tert-OH is 1. The highest BCUT2D eigenvalue weighted by Gasteiger charge is 2.46. The summed E-state index contributed by atoms with van der Waals surface area (Å²) < 4.78 is 24.5. The number of nitrogens with zero attached hydrogens (tertiary/aromatic N) is 3. The third-order valence-corrected chi connectivity index (χ3v) is 12.7. The van der Waals surface area contributed by atoms with Gasteiger partial charge in [0.2, 0.25) is 11.8 Å². The number of amides is 4. The molecule has 1 saturated carbocycles. The number of nitrogens with one attached hydrogen (secondary N) is 3. The van der Waals surface area contributed by atoms with Crippen molar-refractivity contribution >= 4 is 27.7 Å². The number of likely N-dealkylation sites (tertiary alicyclic amines) is 1. The second-order valence-electron chi connectivity index (χ2n) is 16.1. The molecule has 0 radical (unpaired) electrons. The van der Waals surface area contributed by atoms with Crippen LogP contribution < -0.4 is 16.0 Å². The van der Waals surface area contributed by atoms with Gasteiger partial charge in [0.25, 0.3) is 0 Å². The van der Waals surface area contributed by atoms with Gasteiger partial charge in [0.1, 0.15) is 6.04 Å². The molecular formula is C38H58N6O6S. The molecule has 0 bridgehead atoms. The van der Waals surface area contributed by atoms with Crippen molar-refractivity contribution in [2.24, 2.45) is 11.8 Å². The van der Waals surface area contributed by atoms with Crippen molar-refractivity contribution in [2.45, 2.75) is 114 Å². The maximum Gasteiger partial charge on any atom is 0.318 e. The Kier molecular flexibility index (Phi) is 13.3. The van der Waals surface area contributed by atoms with Crippen LogP contribution in [0.15, 0.2) is 54.9 Å². The van der Waals surface area contributed by atoms with Gasteiger partial charge in [0, 0.05) is 50.9 Å². The topological polar surface area (TPSA) is 161 Å². The SMILES string of the molecule is CN(Cc1ccncc1)C(=O)N[C@H](C(=O)N[C@@H](Cc1ccccc1)[C@H](O)CN1CC2CCCCC2C[C@H]1C(=O)NC(C)(C)C)C(C)(C)S(C)(=O)=O. The average molecular weight is 727 g/mol. The van der Waals surface area contributed by atoms with Gasteiger partial charge in [-0.2, -0.15) is 0 Å². The van der Waals surface area contributed by atoms with E-state index in [2.05, 4.69) is 25.8 Å². The lowest BCUT2D eigenvalue weighted by atomic mass is 9.72. The summed E-state index contributed by atoms with van der Waals surface area (Å²) in [6, 6.07) is 9.52. The largest absolute Gasteiger partial charge is 0.390 e. The van der Waals surface area contributed by atoms with Crippen LogP contribution in [-0.2, 0) is 32.4 Å². The Hall–Kier alpha value is -3.55. The summed E-state index contributed by atoms with van der Waals surface area (Å²) in [5, 5.41) is 20.7. The number of urea groups is 1. The highest BCUT2D eigenvalue weighted by Crippen LogP contribution is 2.39. The minimum atomic E-state index is -3.88. The Balaban J connectivity index is 1.60. The molecule has 1 saturated heterocycles. The van der Waals surface area contributed by atoms with Crippen molar-refractivity contribution in [1.82, 2.24) is 30.7 Å². The maximum absolute atomic E-state index is 14.3. The number of aromatic nitrogens is 1. The number of carbonyl (C=O) groups is 3. The predicted octanol–water partition coefficient (Wildman–Crippen LogP) is 3.30. The molecule has 2 fully saturated rings. The quantitative estimate of drug-likeness (QED) is 0.245. The number of carbonyl (C=O) groups excluding carboxylic acids is 3. The number of benzene rings is 1. The van der Waals surface area contributed by atoms with Crippen molar-refractivity contribution in [3.05, 3.63) is 66.0 Å². The second kappa shape index (κ2) is 16.9. The molecular weight excluding hydrogens is 669 g/mol. The molecule has 1 aliphatic heterocycles. The monoisotopic (exact) mass is 726 g/mol. The third-order valence-electron chi connectivity index (χ3n) is 10.5. The predicted molar refractivity (Wildman–Crippen MR) is 198 cm³/mol. The summed E-state index contributed by atoms with van der Waals surface area (Å²) in [5.41, 5.74) is 1.24. The molecule has 51 heavy (non-hydrogen) atoms. The molecule has 2 heterocycles. The van der Waals surface area contributed by atoms with E-state index in [-0.39, 0.29) is 25.4 Å². The van der Waals surface area contributed by atoms with Crippen LogP contribution >= 0.6 is 0 Å². The zero-order valence-electron chi connectivity index (χ0n) is 31.3. The molecule has 2 aliphatic rings. The number of piperidine rings is 1. The number of hydrogen-bond donors (Lipinski definition) is 4. The van der Waals surface area contributed by atoms with Gasteiger partial charge in [0.05, 0.1) is 22.9 Å². The van der Waals surface area contributed by atoms with E-state index < -0.39 is 56.3 Å². The molecule has 0 spiro atoms. The van der Waals surface area contributed by atoms with E-state index in [0.29, 0.717) is 24.8 Å². The summed E-state index contributed by atoms with van der Waals surface area (Å²) >= 11 is 0. The molecule has 1 aliphatic carbocycles. The van der Waals surface area contributed by atoms with Crippen LogP contribution in [0.5, 0.6) is 0 Å². The molecule has 13 heteroatoms. The van der Waals surface area contributed by atoms with Gasteiger partial charge in [-0.05, 0) is 89.0 Å². The normalized spacial score (nSPS) is 21.8. The first-order chi connectivity index (χ1) is 23.9. The van der Waals surface area contributed by atoms with Gasteiger partial charge in [-0.15, -0.1) is 0 Å². The Morgan fingerprint density at radius 3 is 2.20 bits per heavy atom. The van der Waals surface area contributed by atoms with Crippen LogP contribution in [0.25, 0.3) is 0 Å². The molecule has 6 atom stereocenters. The molecule has 4 rings (SSSR count). The van der Waals surface area contributed by atoms with Crippen molar-refractivity contribution < 1.29 is 27.9 Å². The van der Waals surface area contributed by atoms with Gasteiger partial charge in [-0.25, -0.2) is 13.2 Å². The first kappa shape index (κ1) is 40.2. The Morgan fingerprint density at radius 2 is 1.59 bits per heavy atom. The molecule has 4 amide bonds.